The third kappa shape index (κ3) is 3.45. The van der Waals surface area contributed by atoms with Crippen LogP contribution in [-0.2, 0) is 9.59 Å². The highest BCUT2D eigenvalue weighted by atomic mass is 19.1. The minimum atomic E-state index is -0.848. The number of halogens is 1. The summed E-state index contributed by atoms with van der Waals surface area (Å²) in [5.74, 6) is -0.731. The molecule has 8 heteroatoms. The van der Waals surface area contributed by atoms with E-state index in [1.807, 2.05) is 11.8 Å². The lowest BCUT2D eigenvalue weighted by atomic mass is 9.73. The van der Waals surface area contributed by atoms with Gasteiger partial charge in [0.1, 0.15) is 17.9 Å². The van der Waals surface area contributed by atoms with Gasteiger partial charge in [0.05, 0.1) is 5.69 Å². The van der Waals surface area contributed by atoms with Gasteiger partial charge in [-0.2, -0.15) is 0 Å². The SMILES string of the molecule is C[C@H]1CCCC[C@]12NC(=O)N(CC(=O)N1CCN(c3ccccc3F)CC1)C2=O. The molecule has 4 amide bonds. The average molecular weight is 402 g/mol. The number of para-hydroxylation sites is 1. The zero-order valence-corrected chi connectivity index (χ0v) is 16.7. The molecular weight excluding hydrogens is 375 g/mol. The maximum absolute atomic E-state index is 14.0. The first kappa shape index (κ1) is 19.7. The Morgan fingerprint density at radius 2 is 1.90 bits per heavy atom. The minimum absolute atomic E-state index is 0.0668. The van der Waals surface area contributed by atoms with Crippen LogP contribution in [0.4, 0.5) is 14.9 Å². The Morgan fingerprint density at radius 1 is 1.17 bits per heavy atom. The summed E-state index contributed by atoms with van der Waals surface area (Å²) in [6.07, 6.45) is 3.48. The van der Waals surface area contributed by atoms with Gasteiger partial charge in [0.15, 0.2) is 0 Å². The molecule has 0 radical (unpaired) electrons. The third-order valence-electron chi connectivity index (χ3n) is 6.62. The van der Waals surface area contributed by atoms with Crippen LogP contribution in [0.2, 0.25) is 0 Å². The van der Waals surface area contributed by atoms with Crippen LogP contribution in [0.3, 0.4) is 0 Å². The van der Waals surface area contributed by atoms with Crippen molar-refractivity contribution >= 4 is 23.5 Å². The van der Waals surface area contributed by atoms with Crippen molar-refractivity contribution in [2.24, 2.45) is 5.92 Å². The van der Waals surface area contributed by atoms with Crippen LogP contribution < -0.4 is 10.2 Å². The van der Waals surface area contributed by atoms with Gasteiger partial charge < -0.3 is 15.1 Å². The normalized spacial score (nSPS) is 27.5. The van der Waals surface area contributed by atoms with Crippen LogP contribution >= 0.6 is 0 Å². The molecule has 7 nitrogen and oxygen atoms in total. The van der Waals surface area contributed by atoms with E-state index in [0.29, 0.717) is 38.3 Å². The van der Waals surface area contributed by atoms with Gasteiger partial charge in [-0.25, -0.2) is 9.18 Å². The second-order valence-electron chi connectivity index (χ2n) is 8.26. The van der Waals surface area contributed by atoms with E-state index in [4.69, 9.17) is 0 Å². The van der Waals surface area contributed by atoms with Crippen LogP contribution in [0, 0.1) is 11.7 Å². The quantitative estimate of drug-likeness (QED) is 0.785. The fourth-order valence-electron chi connectivity index (χ4n) is 4.78. The molecule has 1 aliphatic carbocycles. The van der Waals surface area contributed by atoms with Crippen molar-refractivity contribution in [3.63, 3.8) is 0 Å². The van der Waals surface area contributed by atoms with Crippen LogP contribution in [0.15, 0.2) is 24.3 Å². The fraction of sp³-hybridized carbons (Fsp3) is 0.571. The highest BCUT2D eigenvalue weighted by Gasteiger charge is 2.55. The summed E-state index contributed by atoms with van der Waals surface area (Å²) in [6.45, 7) is 3.63. The number of imide groups is 1. The van der Waals surface area contributed by atoms with E-state index in [2.05, 4.69) is 5.32 Å². The second kappa shape index (κ2) is 7.65. The number of benzene rings is 1. The molecular formula is C21H27FN4O3. The molecule has 0 bridgehead atoms. The largest absolute Gasteiger partial charge is 0.366 e. The number of hydrogen-bond donors (Lipinski definition) is 1. The number of rotatable bonds is 3. The van der Waals surface area contributed by atoms with E-state index in [1.54, 1.807) is 23.1 Å². The lowest BCUT2D eigenvalue weighted by Gasteiger charge is -2.37. The zero-order valence-electron chi connectivity index (χ0n) is 16.7. The molecule has 2 saturated heterocycles. The van der Waals surface area contributed by atoms with E-state index in [0.717, 1.165) is 24.2 Å². The van der Waals surface area contributed by atoms with Gasteiger partial charge in [0, 0.05) is 26.2 Å². The summed E-state index contributed by atoms with van der Waals surface area (Å²) in [5, 5.41) is 2.88. The maximum Gasteiger partial charge on any atom is 0.325 e. The minimum Gasteiger partial charge on any atom is -0.366 e. The first-order chi connectivity index (χ1) is 13.9. The molecule has 0 aromatic heterocycles. The van der Waals surface area contributed by atoms with Crippen LogP contribution in [0.25, 0.3) is 0 Å². The Kier molecular flexibility index (Phi) is 5.19. The van der Waals surface area contributed by atoms with Gasteiger partial charge in [0.25, 0.3) is 5.91 Å². The Morgan fingerprint density at radius 3 is 2.59 bits per heavy atom. The average Bonchev–Trinajstić information content (AvgIpc) is 2.96. The van der Waals surface area contributed by atoms with Gasteiger partial charge in [-0.15, -0.1) is 0 Å². The highest BCUT2D eigenvalue weighted by Crippen LogP contribution is 2.38. The Balaban J connectivity index is 1.37. The Hall–Kier alpha value is -2.64. The van der Waals surface area contributed by atoms with Crippen molar-refractivity contribution in [1.29, 1.82) is 0 Å². The van der Waals surface area contributed by atoms with Crippen molar-refractivity contribution in [3.05, 3.63) is 30.1 Å². The summed E-state index contributed by atoms with van der Waals surface area (Å²) in [6, 6.07) is 6.12. The summed E-state index contributed by atoms with van der Waals surface area (Å²) in [5.41, 5.74) is -0.319. The molecule has 1 aromatic rings. The molecule has 1 saturated carbocycles. The number of nitrogens with one attached hydrogen (secondary N) is 1. The fourth-order valence-corrected chi connectivity index (χ4v) is 4.78. The molecule has 3 aliphatic rings. The van der Waals surface area contributed by atoms with Gasteiger partial charge in [-0.05, 0) is 30.9 Å². The summed E-state index contributed by atoms with van der Waals surface area (Å²) in [4.78, 5) is 42.9. The smallest absolute Gasteiger partial charge is 0.325 e. The monoisotopic (exact) mass is 402 g/mol. The van der Waals surface area contributed by atoms with Crippen molar-refractivity contribution in [3.8, 4) is 0 Å². The van der Waals surface area contributed by atoms with E-state index in [1.165, 1.54) is 6.07 Å². The number of nitrogens with zero attached hydrogens (tertiary/aromatic N) is 3. The van der Waals surface area contributed by atoms with E-state index < -0.39 is 11.6 Å². The van der Waals surface area contributed by atoms with Gasteiger partial charge >= 0.3 is 6.03 Å². The first-order valence-corrected chi connectivity index (χ1v) is 10.3. The first-order valence-electron chi connectivity index (χ1n) is 10.3. The molecule has 2 heterocycles. The Labute approximate surface area is 169 Å². The van der Waals surface area contributed by atoms with Crippen LogP contribution in [0.5, 0.6) is 0 Å². The van der Waals surface area contributed by atoms with Crippen molar-refractivity contribution in [2.45, 2.75) is 38.1 Å². The molecule has 1 aromatic carbocycles. The van der Waals surface area contributed by atoms with Crippen molar-refractivity contribution < 1.29 is 18.8 Å². The lowest BCUT2D eigenvalue weighted by Crippen LogP contribution is -2.55. The van der Waals surface area contributed by atoms with E-state index in [-0.39, 0.29) is 30.1 Å². The van der Waals surface area contributed by atoms with Gasteiger partial charge in [0.2, 0.25) is 5.91 Å². The molecule has 2 aliphatic heterocycles. The number of hydrogen-bond acceptors (Lipinski definition) is 4. The topological polar surface area (TPSA) is 73.0 Å². The predicted molar refractivity (Wildman–Crippen MR) is 106 cm³/mol. The molecule has 1 spiro atoms. The number of amides is 4. The van der Waals surface area contributed by atoms with Crippen LogP contribution in [0.1, 0.15) is 32.6 Å². The van der Waals surface area contributed by atoms with E-state index >= 15 is 0 Å². The van der Waals surface area contributed by atoms with Gasteiger partial charge in [-0.1, -0.05) is 31.9 Å². The maximum atomic E-state index is 14.0. The standard InChI is InChI=1S/C21H27FN4O3/c1-15-6-4-5-9-21(15)19(28)26(20(29)23-21)14-18(27)25-12-10-24(11-13-25)17-8-3-2-7-16(17)22/h2-3,7-8,15H,4-6,9-14H2,1H3,(H,23,29)/t15-,21-/m0/s1. The molecule has 2 atom stereocenters. The lowest BCUT2D eigenvalue weighted by molar-refractivity contribution is -0.140. The predicted octanol–water partition coefficient (Wildman–Crippen LogP) is 1.97. The van der Waals surface area contributed by atoms with Crippen LogP contribution in [-0.4, -0.2) is 65.9 Å². The summed E-state index contributed by atoms with van der Waals surface area (Å²) >= 11 is 0. The molecule has 156 valence electrons. The molecule has 3 fully saturated rings. The third-order valence-corrected chi connectivity index (χ3v) is 6.62. The molecule has 29 heavy (non-hydrogen) atoms. The number of carbonyl (C=O) groups excluding carboxylic acids is 3. The second-order valence-corrected chi connectivity index (χ2v) is 8.26. The van der Waals surface area contributed by atoms with Crippen molar-refractivity contribution in [2.75, 3.05) is 37.6 Å². The highest BCUT2D eigenvalue weighted by molar-refractivity contribution is 6.09. The number of piperazine rings is 1. The van der Waals surface area contributed by atoms with Gasteiger partial charge in [-0.3, -0.25) is 14.5 Å². The zero-order chi connectivity index (χ0) is 20.6. The molecule has 4 rings (SSSR count). The number of urea groups is 1. The summed E-state index contributed by atoms with van der Waals surface area (Å²) < 4.78 is 14.0. The Bertz CT molecular complexity index is 824. The summed E-state index contributed by atoms with van der Waals surface area (Å²) in [7, 11) is 0. The van der Waals surface area contributed by atoms with Crippen molar-refractivity contribution in [1.82, 2.24) is 15.1 Å². The number of anilines is 1. The molecule has 1 N–H and O–H groups in total. The molecule has 0 unspecified atom stereocenters. The van der Waals surface area contributed by atoms with E-state index in [9.17, 15) is 18.8 Å². The number of carbonyl (C=O) groups is 3.